The van der Waals surface area contributed by atoms with Gasteiger partial charge in [-0.25, -0.2) is 0 Å². The fraction of sp³-hybridized carbons (Fsp3) is 0.300. The molecule has 6 heteroatoms. The molecule has 0 saturated heterocycles. The molecular weight excluding hydrogens is 332 g/mol. The Hall–Kier alpha value is -2.86. The summed E-state index contributed by atoms with van der Waals surface area (Å²) in [5, 5.41) is 5.53. The van der Waals surface area contributed by atoms with Crippen molar-refractivity contribution < 1.29 is 19.1 Å². The van der Waals surface area contributed by atoms with Crippen LogP contribution in [0.1, 0.15) is 19.8 Å². The summed E-state index contributed by atoms with van der Waals surface area (Å²) in [4.78, 5) is 23.5. The van der Waals surface area contributed by atoms with E-state index in [0.29, 0.717) is 31.0 Å². The Morgan fingerprint density at radius 1 is 0.885 bits per heavy atom. The van der Waals surface area contributed by atoms with Crippen LogP contribution >= 0.6 is 0 Å². The van der Waals surface area contributed by atoms with E-state index in [0.717, 1.165) is 12.2 Å². The molecule has 0 unspecified atom stereocenters. The van der Waals surface area contributed by atoms with Gasteiger partial charge in [0.15, 0.2) is 0 Å². The van der Waals surface area contributed by atoms with Gasteiger partial charge in [-0.3, -0.25) is 9.59 Å². The highest BCUT2D eigenvalue weighted by Crippen LogP contribution is 2.15. The van der Waals surface area contributed by atoms with Crippen molar-refractivity contribution in [2.24, 2.45) is 0 Å². The highest BCUT2D eigenvalue weighted by molar-refractivity contribution is 5.94. The first-order chi connectivity index (χ1) is 12.7. The minimum atomic E-state index is -0.262. The number of ether oxygens (including phenoxy) is 2. The zero-order valence-electron chi connectivity index (χ0n) is 14.9. The van der Waals surface area contributed by atoms with E-state index >= 15 is 0 Å². The molecule has 0 saturated carbocycles. The lowest BCUT2D eigenvalue weighted by Crippen LogP contribution is -2.20. The average Bonchev–Trinajstić information content (AvgIpc) is 2.63. The van der Waals surface area contributed by atoms with E-state index in [1.807, 2.05) is 37.3 Å². The monoisotopic (exact) mass is 356 g/mol. The minimum absolute atomic E-state index is 0.0438. The molecule has 2 aromatic carbocycles. The van der Waals surface area contributed by atoms with Crippen molar-refractivity contribution in [2.45, 2.75) is 19.8 Å². The number of nitrogens with one attached hydrogen (secondary N) is 2. The summed E-state index contributed by atoms with van der Waals surface area (Å²) in [6.45, 7) is 2.57. The summed E-state index contributed by atoms with van der Waals surface area (Å²) < 4.78 is 10.8. The molecular formula is C20H24N2O4. The Morgan fingerprint density at radius 2 is 1.58 bits per heavy atom. The van der Waals surface area contributed by atoms with Crippen LogP contribution in [0.2, 0.25) is 0 Å². The van der Waals surface area contributed by atoms with E-state index in [9.17, 15) is 9.59 Å². The van der Waals surface area contributed by atoms with Crippen molar-refractivity contribution in [1.29, 1.82) is 0 Å². The normalized spacial score (nSPS) is 10.2. The lowest BCUT2D eigenvalue weighted by Gasteiger charge is -2.09. The molecule has 26 heavy (non-hydrogen) atoms. The van der Waals surface area contributed by atoms with Crippen LogP contribution in [0.25, 0.3) is 0 Å². The van der Waals surface area contributed by atoms with Crippen LogP contribution < -0.4 is 15.4 Å². The molecule has 2 N–H and O–H groups in total. The van der Waals surface area contributed by atoms with E-state index in [-0.39, 0.29) is 18.4 Å². The van der Waals surface area contributed by atoms with Gasteiger partial charge in [0.2, 0.25) is 11.8 Å². The van der Waals surface area contributed by atoms with Gasteiger partial charge >= 0.3 is 0 Å². The molecule has 0 atom stereocenters. The van der Waals surface area contributed by atoms with Crippen molar-refractivity contribution in [2.75, 3.05) is 30.5 Å². The Balaban J connectivity index is 1.68. The van der Waals surface area contributed by atoms with Crippen molar-refractivity contribution >= 4 is 23.2 Å². The molecule has 0 fully saturated rings. The summed E-state index contributed by atoms with van der Waals surface area (Å²) in [5.41, 5.74) is 1.26. The number of hydrogen-bond donors (Lipinski definition) is 2. The van der Waals surface area contributed by atoms with Gasteiger partial charge in [-0.2, -0.15) is 0 Å². The summed E-state index contributed by atoms with van der Waals surface area (Å²) in [5.74, 6) is 0.460. The molecule has 0 aromatic heterocycles. The van der Waals surface area contributed by atoms with Gasteiger partial charge in [0, 0.05) is 17.8 Å². The summed E-state index contributed by atoms with van der Waals surface area (Å²) in [7, 11) is 0. The second kappa shape index (κ2) is 10.9. The van der Waals surface area contributed by atoms with E-state index < -0.39 is 0 Å². The number of benzene rings is 2. The summed E-state index contributed by atoms with van der Waals surface area (Å²) in [6, 6.07) is 16.4. The highest BCUT2D eigenvalue weighted by atomic mass is 16.5. The molecule has 0 aliphatic heterocycles. The van der Waals surface area contributed by atoms with Gasteiger partial charge in [-0.15, -0.1) is 0 Å². The number of carbonyl (C=O) groups is 2. The van der Waals surface area contributed by atoms with E-state index in [4.69, 9.17) is 9.47 Å². The van der Waals surface area contributed by atoms with Crippen molar-refractivity contribution in [3.63, 3.8) is 0 Å². The van der Waals surface area contributed by atoms with Crippen LogP contribution in [0, 0.1) is 0 Å². The van der Waals surface area contributed by atoms with Crippen LogP contribution in [0.4, 0.5) is 11.4 Å². The first kappa shape index (κ1) is 19.5. The molecule has 0 aliphatic carbocycles. The highest BCUT2D eigenvalue weighted by Gasteiger charge is 2.05. The molecule has 6 nitrogen and oxygen atoms in total. The Morgan fingerprint density at radius 3 is 2.27 bits per heavy atom. The van der Waals surface area contributed by atoms with E-state index in [1.165, 1.54) is 0 Å². The van der Waals surface area contributed by atoms with E-state index in [1.54, 1.807) is 24.3 Å². The topological polar surface area (TPSA) is 76.7 Å². The second-order valence-electron chi connectivity index (χ2n) is 5.64. The lowest BCUT2D eigenvalue weighted by molar-refractivity contribution is -0.120. The van der Waals surface area contributed by atoms with Crippen molar-refractivity contribution in [1.82, 2.24) is 0 Å². The molecule has 2 amide bonds. The van der Waals surface area contributed by atoms with Crippen LogP contribution in [-0.2, 0) is 14.3 Å². The third-order valence-electron chi connectivity index (χ3n) is 3.38. The number of carbonyl (C=O) groups excluding carboxylic acids is 2. The minimum Gasteiger partial charge on any atom is -0.491 e. The molecule has 0 radical (unpaired) electrons. The lowest BCUT2D eigenvalue weighted by atomic mass is 10.2. The second-order valence-corrected chi connectivity index (χ2v) is 5.64. The zero-order chi connectivity index (χ0) is 18.6. The van der Waals surface area contributed by atoms with Crippen LogP contribution in [0.15, 0.2) is 54.6 Å². The zero-order valence-corrected chi connectivity index (χ0v) is 14.9. The third kappa shape index (κ3) is 7.36. The first-order valence-corrected chi connectivity index (χ1v) is 8.62. The summed E-state index contributed by atoms with van der Waals surface area (Å²) in [6.07, 6.45) is 1.25. The Bertz CT molecular complexity index is 704. The molecule has 0 bridgehead atoms. The molecule has 0 aliphatic rings. The summed E-state index contributed by atoms with van der Waals surface area (Å²) >= 11 is 0. The number of para-hydroxylation sites is 1. The first-order valence-electron chi connectivity index (χ1n) is 8.62. The van der Waals surface area contributed by atoms with Crippen LogP contribution in [-0.4, -0.2) is 31.6 Å². The fourth-order valence-corrected chi connectivity index (χ4v) is 2.22. The number of anilines is 2. The fourth-order valence-electron chi connectivity index (χ4n) is 2.22. The smallest absolute Gasteiger partial charge is 0.250 e. The molecule has 2 rings (SSSR count). The largest absolute Gasteiger partial charge is 0.491 e. The molecule has 138 valence electrons. The van der Waals surface area contributed by atoms with E-state index in [2.05, 4.69) is 10.6 Å². The maximum Gasteiger partial charge on any atom is 0.250 e. The molecule has 0 heterocycles. The number of hydrogen-bond acceptors (Lipinski definition) is 4. The maximum absolute atomic E-state index is 11.9. The third-order valence-corrected chi connectivity index (χ3v) is 3.38. The predicted octanol–water partition coefficient (Wildman–Crippen LogP) is 3.46. The maximum atomic E-state index is 11.9. The number of amides is 2. The van der Waals surface area contributed by atoms with Gasteiger partial charge < -0.3 is 20.1 Å². The van der Waals surface area contributed by atoms with Crippen molar-refractivity contribution in [3.8, 4) is 5.75 Å². The Labute approximate surface area is 153 Å². The average molecular weight is 356 g/mol. The van der Waals surface area contributed by atoms with Gasteiger partial charge in [0.25, 0.3) is 0 Å². The van der Waals surface area contributed by atoms with Crippen LogP contribution in [0.5, 0.6) is 5.75 Å². The van der Waals surface area contributed by atoms with Gasteiger partial charge in [-0.05, 0) is 36.8 Å². The Kier molecular flexibility index (Phi) is 8.15. The molecule has 0 spiro atoms. The quantitative estimate of drug-likeness (QED) is 0.639. The molecule has 2 aromatic rings. The van der Waals surface area contributed by atoms with Crippen molar-refractivity contribution in [3.05, 3.63) is 54.6 Å². The SMILES string of the molecule is CCCC(=O)Nc1cccc(NC(=O)COCCOc2ccccc2)c1. The number of rotatable bonds is 10. The standard InChI is InChI=1S/C20H24N2O4/c1-2-7-19(23)21-16-8-6-9-17(14-16)22-20(24)15-25-12-13-26-18-10-4-3-5-11-18/h3-6,8-11,14H,2,7,12-13,15H2,1H3,(H,21,23)(H,22,24). The van der Waals surface area contributed by atoms with Gasteiger partial charge in [0.1, 0.15) is 19.0 Å². The van der Waals surface area contributed by atoms with Gasteiger partial charge in [-0.1, -0.05) is 31.2 Å². The van der Waals surface area contributed by atoms with Crippen LogP contribution in [0.3, 0.4) is 0 Å². The van der Waals surface area contributed by atoms with Gasteiger partial charge in [0.05, 0.1) is 6.61 Å². The predicted molar refractivity (Wildman–Crippen MR) is 101 cm³/mol.